The molecule has 0 radical (unpaired) electrons. The summed E-state index contributed by atoms with van der Waals surface area (Å²) in [5.74, 6) is 5.18. The van der Waals surface area contributed by atoms with Crippen LogP contribution in [0.5, 0.6) is 0 Å². The lowest BCUT2D eigenvalue weighted by Crippen LogP contribution is -2.34. The van der Waals surface area contributed by atoms with Crippen LogP contribution in [0.4, 0.5) is 0 Å². The van der Waals surface area contributed by atoms with E-state index in [9.17, 15) is 0 Å². The molecular weight excluding hydrogens is 152 g/mol. The number of aromatic nitrogens is 1. The molecule has 0 fully saturated rings. The fourth-order valence-corrected chi connectivity index (χ4v) is 1.01. The normalized spacial score (nSPS) is 10.6. The van der Waals surface area contributed by atoms with E-state index in [4.69, 9.17) is 5.84 Å². The second-order valence-electron chi connectivity index (χ2n) is 2.73. The highest BCUT2D eigenvalue weighted by Gasteiger charge is 1.96. The van der Waals surface area contributed by atoms with Gasteiger partial charge >= 0.3 is 0 Å². The minimum absolute atomic E-state index is 0.683. The molecule has 0 atom stereocenters. The minimum atomic E-state index is 0.683. The first-order valence-corrected chi connectivity index (χ1v) is 3.84. The molecule has 3 N–H and O–H groups in total. The van der Waals surface area contributed by atoms with Crippen molar-refractivity contribution in [3.63, 3.8) is 0 Å². The number of hydrogen-bond donors (Lipinski definition) is 2. The molecule has 0 saturated heterocycles. The van der Waals surface area contributed by atoms with E-state index in [-0.39, 0.29) is 0 Å². The molecule has 0 spiro atoms. The molecule has 0 unspecified atom stereocenters. The van der Waals surface area contributed by atoms with Gasteiger partial charge in [-0.15, -0.1) is 0 Å². The summed E-state index contributed by atoms with van der Waals surface area (Å²) < 4.78 is 0. The van der Waals surface area contributed by atoms with Gasteiger partial charge in [0.15, 0.2) is 0 Å². The molecule has 66 valence electrons. The SMILES string of the molecule is CN(CNN)Cc1ccncc1. The van der Waals surface area contributed by atoms with Crippen LogP contribution in [0.1, 0.15) is 5.56 Å². The van der Waals surface area contributed by atoms with Gasteiger partial charge in [-0.2, -0.15) is 0 Å². The lowest BCUT2D eigenvalue weighted by molar-refractivity contribution is 0.301. The minimum Gasteiger partial charge on any atom is -0.288 e. The third-order valence-corrected chi connectivity index (χ3v) is 1.56. The van der Waals surface area contributed by atoms with E-state index in [1.54, 1.807) is 12.4 Å². The molecule has 0 aliphatic heterocycles. The Morgan fingerprint density at radius 1 is 1.50 bits per heavy atom. The zero-order chi connectivity index (χ0) is 8.81. The van der Waals surface area contributed by atoms with Gasteiger partial charge in [0.2, 0.25) is 0 Å². The number of pyridine rings is 1. The predicted molar refractivity (Wildman–Crippen MR) is 47.9 cm³/mol. The van der Waals surface area contributed by atoms with Crippen molar-refractivity contribution >= 4 is 0 Å². The predicted octanol–water partition coefficient (Wildman–Crippen LogP) is -0.0658. The van der Waals surface area contributed by atoms with Gasteiger partial charge in [0.25, 0.3) is 0 Å². The average molecular weight is 166 g/mol. The van der Waals surface area contributed by atoms with E-state index < -0.39 is 0 Å². The van der Waals surface area contributed by atoms with Crippen molar-refractivity contribution in [2.45, 2.75) is 6.54 Å². The fourth-order valence-electron chi connectivity index (χ4n) is 1.01. The summed E-state index contributed by atoms with van der Waals surface area (Å²) >= 11 is 0. The van der Waals surface area contributed by atoms with Crippen LogP contribution in [0, 0.1) is 0 Å². The molecule has 1 aromatic heterocycles. The van der Waals surface area contributed by atoms with E-state index in [0.29, 0.717) is 6.67 Å². The topological polar surface area (TPSA) is 54.2 Å². The summed E-state index contributed by atoms with van der Waals surface area (Å²) in [4.78, 5) is 6.02. The van der Waals surface area contributed by atoms with Crippen LogP contribution in [0.2, 0.25) is 0 Å². The number of nitrogens with zero attached hydrogens (tertiary/aromatic N) is 2. The van der Waals surface area contributed by atoms with Crippen molar-refractivity contribution in [2.24, 2.45) is 5.84 Å². The summed E-state index contributed by atoms with van der Waals surface area (Å²) in [6, 6.07) is 3.99. The van der Waals surface area contributed by atoms with Crippen LogP contribution >= 0.6 is 0 Å². The van der Waals surface area contributed by atoms with Gasteiger partial charge in [0, 0.05) is 18.9 Å². The van der Waals surface area contributed by atoms with E-state index in [2.05, 4.69) is 15.3 Å². The second-order valence-corrected chi connectivity index (χ2v) is 2.73. The zero-order valence-electron chi connectivity index (χ0n) is 7.20. The molecule has 1 aromatic rings. The van der Waals surface area contributed by atoms with Crippen molar-refractivity contribution in [3.8, 4) is 0 Å². The lowest BCUT2D eigenvalue weighted by Gasteiger charge is -2.14. The monoisotopic (exact) mass is 166 g/mol. The molecule has 1 rings (SSSR count). The molecule has 0 amide bonds. The van der Waals surface area contributed by atoms with Crippen molar-refractivity contribution in [2.75, 3.05) is 13.7 Å². The Hall–Kier alpha value is -0.970. The van der Waals surface area contributed by atoms with Gasteiger partial charge in [-0.05, 0) is 24.7 Å². The molecule has 4 nitrogen and oxygen atoms in total. The first-order valence-electron chi connectivity index (χ1n) is 3.84. The van der Waals surface area contributed by atoms with Crippen LogP contribution in [0.25, 0.3) is 0 Å². The standard InChI is InChI=1S/C8H14N4/c1-12(7-11-9)6-8-2-4-10-5-3-8/h2-5,11H,6-7,9H2,1H3. The highest BCUT2D eigenvalue weighted by molar-refractivity contribution is 5.08. The third-order valence-electron chi connectivity index (χ3n) is 1.56. The molecule has 0 bridgehead atoms. The molecule has 0 aliphatic carbocycles. The summed E-state index contributed by atoms with van der Waals surface area (Å²) in [7, 11) is 2.00. The largest absolute Gasteiger partial charge is 0.288 e. The number of hydrogen-bond acceptors (Lipinski definition) is 4. The van der Waals surface area contributed by atoms with E-state index >= 15 is 0 Å². The van der Waals surface area contributed by atoms with Crippen molar-refractivity contribution in [1.29, 1.82) is 0 Å². The first kappa shape index (κ1) is 9.12. The van der Waals surface area contributed by atoms with Gasteiger partial charge in [0.1, 0.15) is 0 Å². The van der Waals surface area contributed by atoms with Crippen LogP contribution < -0.4 is 11.3 Å². The number of hydrazine groups is 1. The summed E-state index contributed by atoms with van der Waals surface area (Å²) in [6.07, 6.45) is 3.58. The Kier molecular flexibility index (Phi) is 3.66. The molecule has 0 aliphatic rings. The molecule has 4 heteroatoms. The maximum atomic E-state index is 5.18. The number of nitrogens with two attached hydrogens (primary N) is 1. The Labute approximate surface area is 72.4 Å². The number of nitrogens with one attached hydrogen (secondary N) is 1. The third kappa shape index (κ3) is 2.96. The van der Waals surface area contributed by atoms with Crippen LogP contribution in [-0.4, -0.2) is 23.6 Å². The first-order chi connectivity index (χ1) is 5.83. The maximum Gasteiger partial charge on any atom is 0.0612 e. The molecule has 1 heterocycles. The Bertz CT molecular complexity index is 212. The van der Waals surface area contributed by atoms with Gasteiger partial charge in [0.05, 0.1) is 6.67 Å². The van der Waals surface area contributed by atoms with Crippen molar-refractivity contribution < 1.29 is 0 Å². The Balaban J connectivity index is 2.41. The van der Waals surface area contributed by atoms with Crippen LogP contribution in [0.3, 0.4) is 0 Å². The highest BCUT2D eigenvalue weighted by atomic mass is 15.3. The van der Waals surface area contributed by atoms with Crippen molar-refractivity contribution in [3.05, 3.63) is 30.1 Å². The summed E-state index contributed by atoms with van der Waals surface area (Å²) in [5.41, 5.74) is 3.84. The zero-order valence-corrected chi connectivity index (χ0v) is 7.20. The summed E-state index contributed by atoms with van der Waals surface area (Å²) in [5, 5.41) is 0. The quantitative estimate of drug-likeness (QED) is 0.373. The lowest BCUT2D eigenvalue weighted by atomic mass is 10.2. The molecular formula is C8H14N4. The summed E-state index contributed by atoms with van der Waals surface area (Å²) in [6.45, 7) is 1.56. The second kappa shape index (κ2) is 4.82. The average Bonchev–Trinajstić information content (AvgIpc) is 2.06. The van der Waals surface area contributed by atoms with Crippen LogP contribution in [0.15, 0.2) is 24.5 Å². The van der Waals surface area contributed by atoms with Gasteiger partial charge in [-0.3, -0.25) is 15.7 Å². The molecule has 0 saturated carbocycles. The Morgan fingerprint density at radius 2 is 2.17 bits per heavy atom. The van der Waals surface area contributed by atoms with E-state index in [0.717, 1.165) is 6.54 Å². The van der Waals surface area contributed by atoms with Crippen LogP contribution in [-0.2, 0) is 6.54 Å². The molecule has 0 aromatic carbocycles. The Morgan fingerprint density at radius 3 is 2.75 bits per heavy atom. The number of rotatable bonds is 4. The maximum absolute atomic E-state index is 5.18. The van der Waals surface area contributed by atoms with Gasteiger partial charge < -0.3 is 0 Å². The fraction of sp³-hybridized carbons (Fsp3) is 0.375. The van der Waals surface area contributed by atoms with E-state index in [1.807, 2.05) is 19.2 Å². The van der Waals surface area contributed by atoms with E-state index in [1.165, 1.54) is 5.56 Å². The van der Waals surface area contributed by atoms with Gasteiger partial charge in [-0.1, -0.05) is 0 Å². The molecule has 12 heavy (non-hydrogen) atoms. The smallest absolute Gasteiger partial charge is 0.0612 e. The van der Waals surface area contributed by atoms with Crippen molar-refractivity contribution in [1.82, 2.24) is 15.3 Å². The highest BCUT2D eigenvalue weighted by Crippen LogP contribution is 1.98. The van der Waals surface area contributed by atoms with Gasteiger partial charge in [-0.25, -0.2) is 5.43 Å².